The fraction of sp³-hybridized carbons (Fsp3) is 0.562. The number of nitrogens with zero attached hydrogens (tertiary/aromatic N) is 1. The van der Waals surface area contributed by atoms with E-state index >= 15 is 0 Å². The van der Waals surface area contributed by atoms with E-state index in [-0.39, 0.29) is 12.5 Å². The second-order valence-electron chi connectivity index (χ2n) is 6.40. The number of urea groups is 1. The van der Waals surface area contributed by atoms with Crippen LogP contribution in [0.2, 0.25) is 0 Å². The highest BCUT2D eigenvalue weighted by atomic mass is 16.4. The van der Waals surface area contributed by atoms with Gasteiger partial charge in [0.05, 0.1) is 0 Å². The van der Waals surface area contributed by atoms with Crippen molar-refractivity contribution in [3.8, 4) is 0 Å². The Morgan fingerprint density at radius 2 is 1.95 bits per heavy atom. The summed E-state index contributed by atoms with van der Waals surface area (Å²) in [6, 6.07) is 1.57. The number of aliphatic carboxylic acids is 1. The predicted octanol–water partition coefficient (Wildman–Crippen LogP) is 2.73. The first kappa shape index (κ1) is 16.3. The molecule has 1 aliphatic carbocycles. The summed E-state index contributed by atoms with van der Waals surface area (Å²) in [5.74, 6) is -0.334. The zero-order valence-electron chi connectivity index (χ0n) is 13.1. The van der Waals surface area contributed by atoms with Crippen molar-refractivity contribution < 1.29 is 14.7 Å². The van der Waals surface area contributed by atoms with Crippen LogP contribution in [0.15, 0.2) is 12.3 Å². The number of amides is 2. The topological polar surface area (TPSA) is 91.3 Å². The minimum atomic E-state index is -0.869. The molecule has 0 saturated heterocycles. The van der Waals surface area contributed by atoms with Gasteiger partial charge in [0.1, 0.15) is 5.82 Å². The van der Waals surface area contributed by atoms with Gasteiger partial charge in [0.25, 0.3) is 0 Å². The van der Waals surface area contributed by atoms with E-state index in [1.54, 1.807) is 13.8 Å². The predicted molar refractivity (Wildman–Crippen MR) is 84.0 cm³/mol. The standard InChI is InChI=1S/C16H23N3O3/c1-16(2,8-7-14(20)21)19-15(22)18-13-9-11-5-3-4-6-12(11)10-17-13/h9-10H,3-8H2,1-2H3,(H,20,21)(H2,17,18,19,22). The number of hydrogen-bond acceptors (Lipinski definition) is 3. The van der Waals surface area contributed by atoms with Crippen molar-refractivity contribution in [3.05, 3.63) is 23.4 Å². The third-order valence-electron chi connectivity index (χ3n) is 3.88. The largest absolute Gasteiger partial charge is 0.481 e. The van der Waals surface area contributed by atoms with Crippen LogP contribution in [0, 0.1) is 0 Å². The molecule has 0 saturated carbocycles. The van der Waals surface area contributed by atoms with Gasteiger partial charge in [-0.2, -0.15) is 0 Å². The van der Waals surface area contributed by atoms with Gasteiger partial charge in [-0.05, 0) is 63.1 Å². The van der Waals surface area contributed by atoms with E-state index in [0.29, 0.717) is 12.2 Å². The number of aromatic nitrogens is 1. The first-order valence-electron chi connectivity index (χ1n) is 7.64. The summed E-state index contributed by atoms with van der Waals surface area (Å²) >= 11 is 0. The van der Waals surface area contributed by atoms with Crippen molar-refractivity contribution >= 4 is 17.8 Å². The molecule has 3 N–H and O–H groups in total. The lowest BCUT2D eigenvalue weighted by atomic mass is 9.93. The van der Waals surface area contributed by atoms with Gasteiger partial charge < -0.3 is 10.4 Å². The number of aryl methyl sites for hydroxylation is 2. The van der Waals surface area contributed by atoms with Crippen LogP contribution < -0.4 is 10.6 Å². The van der Waals surface area contributed by atoms with Crippen molar-refractivity contribution in [1.29, 1.82) is 0 Å². The first-order valence-corrected chi connectivity index (χ1v) is 7.64. The van der Waals surface area contributed by atoms with Gasteiger partial charge >= 0.3 is 12.0 Å². The molecule has 0 aromatic carbocycles. The molecule has 0 atom stereocenters. The number of rotatable bonds is 5. The summed E-state index contributed by atoms with van der Waals surface area (Å²) in [5, 5.41) is 14.2. The molecule has 1 aromatic rings. The maximum absolute atomic E-state index is 12.0. The van der Waals surface area contributed by atoms with Crippen LogP contribution in [0.4, 0.5) is 10.6 Å². The minimum Gasteiger partial charge on any atom is -0.481 e. The Kier molecular flexibility index (Phi) is 5.00. The number of hydrogen-bond donors (Lipinski definition) is 3. The van der Waals surface area contributed by atoms with Crippen molar-refractivity contribution in [2.24, 2.45) is 0 Å². The van der Waals surface area contributed by atoms with E-state index in [9.17, 15) is 9.59 Å². The van der Waals surface area contributed by atoms with Gasteiger partial charge in [-0.25, -0.2) is 9.78 Å². The summed E-state index contributed by atoms with van der Waals surface area (Å²) in [6.45, 7) is 3.60. The molecule has 1 heterocycles. The molecule has 0 spiro atoms. The number of carbonyl (C=O) groups excluding carboxylic acids is 1. The number of nitrogens with one attached hydrogen (secondary N) is 2. The molecule has 0 unspecified atom stereocenters. The third kappa shape index (κ3) is 4.72. The van der Waals surface area contributed by atoms with Crippen LogP contribution in [-0.4, -0.2) is 27.6 Å². The number of carbonyl (C=O) groups is 2. The third-order valence-corrected chi connectivity index (χ3v) is 3.88. The highest BCUT2D eigenvalue weighted by molar-refractivity contribution is 5.88. The molecule has 120 valence electrons. The molecular weight excluding hydrogens is 282 g/mol. The van der Waals surface area contributed by atoms with Crippen molar-refractivity contribution in [2.45, 2.75) is 57.9 Å². The smallest absolute Gasteiger partial charge is 0.320 e. The van der Waals surface area contributed by atoms with Crippen molar-refractivity contribution in [2.75, 3.05) is 5.32 Å². The van der Waals surface area contributed by atoms with Gasteiger partial charge in [-0.1, -0.05) is 0 Å². The molecule has 1 aliphatic rings. The SMILES string of the molecule is CC(C)(CCC(=O)O)NC(=O)Nc1cc2c(cn1)CCCC2. The summed E-state index contributed by atoms with van der Waals surface area (Å²) in [4.78, 5) is 26.9. The highest BCUT2D eigenvalue weighted by Gasteiger charge is 2.22. The van der Waals surface area contributed by atoms with Crippen LogP contribution in [-0.2, 0) is 17.6 Å². The number of carboxylic acid groups (broad SMARTS) is 1. The van der Waals surface area contributed by atoms with Gasteiger partial charge in [0, 0.05) is 18.2 Å². The van der Waals surface area contributed by atoms with E-state index in [4.69, 9.17) is 5.11 Å². The number of pyridine rings is 1. The number of anilines is 1. The summed E-state index contributed by atoms with van der Waals surface area (Å²) in [5.41, 5.74) is 1.93. The first-order chi connectivity index (χ1) is 10.4. The number of carboxylic acids is 1. The highest BCUT2D eigenvalue weighted by Crippen LogP contribution is 2.22. The lowest BCUT2D eigenvalue weighted by Gasteiger charge is -2.25. The lowest BCUT2D eigenvalue weighted by molar-refractivity contribution is -0.137. The minimum absolute atomic E-state index is 0.0182. The van der Waals surface area contributed by atoms with E-state index in [1.807, 2.05) is 12.3 Å². The average molecular weight is 305 g/mol. The van der Waals surface area contributed by atoms with Crippen molar-refractivity contribution in [3.63, 3.8) is 0 Å². The zero-order valence-corrected chi connectivity index (χ0v) is 13.1. The lowest BCUT2D eigenvalue weighted by Crippen LogP contribution is -2.45. The Morgan fingerprint density at radius 3 is 2.64 bits per heavy atom. The average Bonchev–Trinajstić information content (AvgIpc) is 2.44. The summed E-state index contributed by atoms with van der Waals surface area (Å²) < 4.78 is 0. The van der Waals surface area contributed by atoms with Crippen LogP contribution in [0.25, 0.3) is 0 Å². The van der Waals surface area contributed by atoms with E-state index in [1.165, 1.54) is 24.0 Å². The fourth-order valence-corrected chi connectivity index (χ4v) is 2.62. The molecule has 6 nitrogen and oxygen atoms in total. The zero-order chi connectivity index (χ0) is 16.2. The van der Waals surface area contributed by atoms with Gasteiger partial charge in [-0.3, -0.25) is 10.1 Å². The second-order valence-corrected chi connectivity index (χ2v) is 6.40. The Labute approximate surface area is 130 Å². The molecule has 0 fully saturated rings. The molecule has 0 aliphatic heterocycles. The molecule has 1 aromatic heterocycles. The fourth-order valence-electron chi connectivity index (χ4n) is 2.62. The second kappa shape index (κ2) is 6.77. The Hall–Kier alpha value is -2.11. The number of fused-ring (bicyclic) bond motifs is 1. The molecule has 0 radical (unpaired) electrons. The quantitative estimate of drug-likeness (QED) is 0.780. The molecular formula is C16H23N3O3. The normalized spacial score (nSPS) is 14.1. The van der Waals surface area contributed by atoms with Gasteiger partial charge in [0.2, 0.25) is 0 Å². The Bertz CT molecular complexity index is 570. The summed E-state index contributed by atoms with van der Waals surface area (Å²) in [6.07, 6.45) is 6.66. The van der Waals surface area contributed by atoms with E-state index in [2.05, 4.69) is 15.6 Å². The van der Waals surface area contributed by atoms with Crippen LogP contribution in [0.1, 0.15) is 50.7 Å². The molecule has 0 bridgehead atoms. The van der Waals surface area contributed by atoms with Crippen molar-refractivity contribution in [1.82, 2.24) is 10.3 Å². The molecule has 2 rings (SSSR count). The van der Waals surface area contributed by atoms with Gasteiger partial charge in [0.15, 0.2) is 0 Å². The summed E-state index contributed by atoms with van der Waals surface area (Å²) in [7, 11) is 0. The molecule has 2 amide bonds. The Balaban J connectivity index is 1.92. The maximum atomic E-state index is 12.0. The molecule has 22 heavy (non-hydrogen) atoms. The van der Waals surface area contributed by atoms with Crippen LogP contribution in [0.3, 0.4) is 0 Å². The Morgan fingerprint density at radius 1 is 1.27 bits per heavy atom. The van der Waals surface area contributed by atoms with E-state index in [0.717, 1.165) is 12.8 Å². The maximum Gasteiger partial charge on any atom is 0.320 e. The van der Waals surface area contributed by atoms with Crippen LogP contribution in [0.5, 0.6) is 0 Å². The monoisotopic (exact) mass is 305 g/mol. The molecule has 6 heteroatoms. The van der Waals surface area contributed by atoms with Gasteiger partial charge in [-0.15, -0.1) is 0 Å². The van der Waals surface area contributed by atoms with Crippen LogP contribution >= 0.6 is 0 Å². The van der Waals surface area contributed by atoms with E-state index < -0.39 is 11.5 Å².